The molecule has 1 aliphatic heterocycles. The van der Waals surface area contributed by atoms with Crippen molar-refractivity contribution >= 4 is 28.5 Å². The molecule has 8 nitrogen and oxygen atoms in total. The summed E-state index contributed by atoms with van der Waals surface area (Å²) in [5.74, 6) is 1.17. The number of hydrogen-bond acceptors (Lipinski definition) is 7. The highest BCUT2D eigenvalue weighted by Crippen LogP contribution is 2.34. The number of rotatable bonds is 7. The predicted octanol–water partition coefficient (Wildman–Crippen LogP) is 3.38. The maximum atomic E-state index is 11.4. The molecule has 0 aliphatic carbocycles. The molecule has 0 atom stereocenters. The van der Waals surface area contributed by atoms with Gasteiger partial charge in [-0.3, -0.25) is 9.69 Å². The fourth-order valence-electron chi connectivity index (χ4n) is 3.84. The quantitative estimate of drug-likeness (QED) is 0.529. The van der Waals surface area contributed by atoms with Crippen LogP contribution >= 0.6 is 11.6 Å². The number of fused-ring (bicyclic) bond motifs is 1. The van der Waals surface area contributed by atoms with E-state index in [9.17, 15) is 4.79 Å². The molecular formula is C21H25ClN4O4. The summed E-state index contributed by atoms with van der Waals surface area (Å²) < 4.78 is 17.8. The smallest absolute Gasteiger partial charge is 0.319 e. The van der Waals surface area contributed by atoms with Crippen molar-refractivity contribution in [1.82, 2.24) is 19.6 Å². The van der Waals surface area contributed by atoms with E-state index in [-0.39, 0.29) is 12.5 Å². The Morgan fingerprint density at radius 2 is 2.17 bits per heavy atom. The molecule has 3 aromatic rings. The van der Waals surface area contributed by atoms with Crippen LogP contribution in [0.5, 0.6) is 0 Å². The van der Waals surface area contributed by atoms with Gasteiger partial charge in [0.1, 0.15) is 0 Å². The van der Waals surface area contributed by atoms with Gasteiger partial charge in [-0.25, -0.2) is 0 Å². The van der Waals surface area contributed by atoms with Crippen LogP contribution in [-0.2, 0) is 27.4 Å². The van der Waals surface area contributed by atoms with E-state index in [1.165, 1.54) is 7.11 Å². The van der Waals surface area contributed by atoms with Gasteiger partial charge in [0.15, 0.2) is 0 Å². The molecule has 0 N–H and O–H groups in total. The molecule has 9 heteroatoms. The molecular weight excluding hydrogens is 408 g/mol. The lowest BCUT2D eigenvalue weighted by Gasteiger charge is -2.23. The first-order valence-corrected chi connectivity index (χ1v) is 10.4. The lowest BCUT2D eigenvalue weighted by atomic mass is 10.0. The second kappa shape index (κ2) is 9.16. The van der Waals surface area contributed by atoms with Crippen molar-refractivity contribution in [3.63, 3.8) is 0 Å². The van der Waals surface area contributed by atoms with Gasteiger partial charge in [-0.1, -0.05) is 28.9 Å². The number of carbonyl (C=O) groups is 1. The van der Waals surface area contributed by atoms with Crippen molar-refractivity contribution in [2.45, 2.75) is 25.9 Å². The number of methoxy groups -OCH3 is 1. The van der Waals surface area contributed by atoms with Crippen LogP contribution in [0.1, 0.15) is 18.7 Å². The summed E-state index contributed by atoms with van der Waals surface area (Å²) >= 11 is 6.56. The Hall–Kier alpha value is -2.42. The molecule has 0 unspecified atom stereocenters. The van der Waals surface area contributed by atoms with Crippen LogP contribution in [-0.4, -0.2) is 59.5 Å². The lowest BCUT2D eigenvalue weighted by molar-refractivity contribution is -0.141. The minimum atomic E-state index is -0.317. The zero-order chi connectivity index (χ0) is 21.1. The van der Waals surface area contributed by atoms with Crippen molar-refractivity contribution in [3.8, 4) is 11.4 Å². The SMILES string of the molecule is COC(=O)CN(C)Cc1nc(-c2cn(CC3CCOCC3)c3c(Cl)cccc23)no1. The second-order valence-corrected chi connectivity index (χ2v) is 8.05. The van der Waals surface area contributed by atoms with E-state index < -0.39 is 0 Å². The average Bonchev–Trinajstić information content (AvgIpc) is 3.34. The van der Waals surface area contributed by atoms with Gasteiger partial charge in [-0.15, -0.1) is 0 Å². The Balaban J connectivity index is 1.60. The highest BCUT2D eigenvalue weighted by molar-refractivity contribution is 6.35. The number of ether oxygens (including phenoxy) is 2. The van der Waals surface area contributed by atoms with Gasteiger partial charge in [0.25, 0.3) is 0 Å². The maximum Gasteiger partial charge on any atom is 0.319 e. The van der Waals surface area contributed by atoms with Gasteiger partial charge in [-0.05, 0) is 31.9 Å². The normalized spacial score (nSPS) is 15.2. The molecule has 30 heavy (non-hydrogen) atoms. The van der Waals surface area contributed by atoms with Crippen molar-refractivity contribution in [3.05, 3.63) is 35.3 Å². The van der Waals surface area contributed by atoms with Crippen LogP contribution < -0.4 is 0 Å². The van der Waals surface area contributed by atoms with Gasteiger partial charge in [0.2, 0.25) is 11.7 Å². The summed E-state index contributed by atoms with van der Waals surface area (Å²) in [6.45, 7) is 2.98. The van der Waals surface area contributed by atoms with Crippen LogP contribution in [0.2, 0.25) is 5.02 Å². The Labute approximate surface area is 179 Å². The number of benzene rings is 1. The highest BCUT2D eigenvalue weighted by Gasteiger charge is 2.21. The number of carbonyl (C=O) groups excluding carboxylic acids is 1. The first kappa shape index (κ1) is 20.8. The molecule has 0 spiro atoms. The highest BCUT2D eigenvalue weighted by atomic mass is 35.5. The molecule has 1 saturated heterocycles. The largest absolute Gasteiger partial charge is 0.468 e. The Kier molecular flexibility index (Phi) is 6.36. The summed E-state index contributed by atoms with van der Waals surface area (Å²) in [6.07, 6.45) is 4.13. The van der Waals surface area contributed by atoms with E-state index in [1.54, 1.807) is 11.9 Å². The number of esters is 1. The lowest BCUT2D eigenvalue weighted by Crippen LogP contribution is -2.26. The van der Waals surface area contributed by atoms with Crippen LogP contribution in [0, 0.1) is 5.92 Å². The summed E-state index contributed by atoms with van der Waals surface area (Å²) in [4.78, 5) is 17.7. The second-order valence-electron chi connectivity index (χ2n) is 7.65. The fourth-order valence-corrected chi connectivity index (χ4v) is 4.13. The third-order valence-corrected chi connectivity index (χ3v) is 5.69. The average molecular weight is 433 g/mol. The van der Waals surface area contributed by atoms with E-state index in [0.29, 0.717) is 29.2 Å². The Bertz CT molecular complexity index is 1030. The molecule has 1 fully saturated rings. The van der Waals surface area contributed by atoms with E-state index in [4.69, 9.17) is 20.9 Å². The zero-order valence-electron chi connectivity index (χ0n) is 17.1. The van der Waals surface area contributed by atoms with E-state index >= 15 is 0 Å². The topological polar surface area (TPSA) is 82.6 Å². The van der Waals surface area contributed by atoms with Gasteiger partial charge in [0, 0.05) is 36.9 Å². The molecule has 0 bridgehead atoms. The van der Waals surface area contributed by atoms with Crippen molar-refractivity contribution in [2.75, 3.05) is 33.9 Å². The van der Waals surface area contributed by atoms with E-state index in [2.05, 4.69) is 25.6 Å². The molecule has 0 radical (unpaired) electrons. The number of nitrogens with zero attached hydrogens (tertiary/aromatic N) is 4. The third kappa shape index (κ3) is 4.50. The first-order chi connectivity index (χ1) is 14.5. The Morgan fingerprint density at radius 3 is 2.93 bits per heavy atom. The third-order valence-electron chi connectivity index (χ3n) is 5.39. The summed E-state index contributed by atoms with van der Waals surface area (Å²) in [5, 5.41) is 5.87. The zero-order valence-corrected chi connectivity index (χ0v) is 17.9. The number of para-hydroxylation sites is 1. The summed E-state index contributed by atoms with van der Waals surface area (Å²) in [5.41, 5.74) is 1.86. The summed E-state index contributed by atoms with van der Waals surface area (Å²) in [6, 6.07) is 5.85. The minimum Gasteiger partial charge on any atom is -0.468 e. The predicted molar refractivity (Wildman–Crippen MR) is 112 cm³/mol. The van der Waals surface area contributed by atoms with Gasteiger partial charge < -0.3 is 18.6 Å². The van der Waals surface area contributed by atoms with E-state index in [0.717, 1.165) is 49.1 Å². The standard InChI is InChI=1S/C21H25ClN4O4/c1-25(13-19(27)28-2)12-18-23-21(24-30-18)16-11-26(10-14-6-8-29-9-7-14)20-15(16)4-3-5-17(20)22/h3-5,11,14H,6-10,12-13H2,1-2H3. The molecule has 2 aromatic heterocycles. The maximum absolute atomic E-state index is 11.4. The number of aromatic nitrogens is 3. The van der Waals surface area contributed by atoms with Gasteiger partial charge in [0.05, 0.1) is 30.7 Å². The number of likely N-dealkylation sites (N-methyl/N-ethyl adjacent to an activating group) is 1. The van der Waals surface area contributed by atoms with Crippen LogP contribution in [0.4, 0.5) is 0 Å². The molecule has 4 rings (SSSR count). The molecule has 0 saturated carbocycles. The Morgan fingerprint density at radius 1 is 1.37 bits per heavy atom. The van der Waals surface area contributed by atoms with Crippen LogP contribution in [0.25, 0.3) is 22.3 Å². The van der Waals surface area contributed by atoms with Crippen LogP contribution in [0.15, 0.2) is 28.9 Å². The number of hydrogen-bond donors (Lipinski definition) is 0. The van der Waals surface area contributed by atoms with E-state index in [1.807, 2.05) is 18.2 Å². The number of halogens is 1. The van der Waals surface area contributed by atoms with Gasteiger partial charge >= 0.3 is 5.97 Å². The van der Waals surface area contributed by atoms with Gasteiger partial charge in [-0.2, -0.15) is 4.98 Å². The van der Waals surface area contributed by atoms with Crippen molar-refractivity contribution < 1.29 is 18.8 Å². The molecule has 1 aliphatic rings. The van der Waals surface area contributed by atoms with Crippen molar-refractivity contribution in [2.24, 2.45) is 5.92 Å². The first-order valence-electron chi connectivity index (χ1n) is 9.98. The van der Waals surface area contributed by atoms with Crippen LogP contribution in [0.3, 0.4) is 0 Å². The molecule has 3 heterocycles. The molecule has 1 aromatic carbocycles. The van der Waals surface area contributed by atoms with Crippen molar-refractivity contribution in [1.29, 1.82) is 0 Å². The molecule has 160 valence electrons. The molecule has 0 amide bonds. The minimum absolute atomic E-state index is 0.147. The monoisotopic (exact) mass is 432 g/mol. The fraction of sp³-hybridized carbons (Fsp3) is 0.476. The summed E-state index contributed by atoms with van der Waals surface area (Å²) in [7, 11) is 3.16.